The molecule has 3 aromatic carbocycles. The van der Waals surface area contributed by atoms with E-state index >= 15 is 0 Å². The molecule has 0 radical (unpaired) electrons. The van der Waals surface area contributed by atoms with Crippen LogP contribution in [0.2, 0.25) is 0 Å². The van der Waals surface area contributed by atoms with Crippen LogP contribution >= 0.6 is 0 Å². The Hall–Kier alpha value is -3.95. The maximum Gasteiger partial charge on any atom is 0.490 e. The summed E-state index contributed by atoms with van der Waals surface area (Å²) in [6.45, 7) is 3.25. The van der Waals surface area contributed by atoms with Gasteiger partial charge in [0, 0.05) is 44.0 Å². The van der Waals surface area contributed by atoms with Crippen molar-refractivity contribution in [3.05, 3.63) is 96.2 Å². The second-order valence-electron chi connectivity index (χ2n) is 8.13. The number of nitrogens with one attached hydrogen (secondary N) is 2. The maximum atomic E-state index is 10.6. The molecule has 4 rings (SSSR count). The van der Waals surface area contributed by atoms with Crippen LogP contribution in [0.4, 0.5) is 18.9 Å². The summed E-state index contributed by atoms with van der Waals surface area (Å²) in [4.78, 5) is 13.3. The minimum atomic E-state index is -5.08. The highest BCUT2D eigenvalue weighted by atomic mass is 19.4. The molecule has 3 N–H and O–H groups in total. The summed E-state index contributed by atoms with van der Waals surface area (Å²) >= 11 is 0. The third-order valence-electron chi connectivity index (χ3n) is 5.40. The van der Waals surface area contributed by atoms with E-state index in [4.69, 9.17) is 14.6 Å². The van der Waals surface area contributed by atoms with Crippen molar-refractivity contribution in [2.75, 3.05) is 25.6 Å². The number of alkyl halides is 3. The molecule has 1 heterocycles. The van der Waals surface area contributed by atoms with Crippen molar-refractivity contribution in [2.45, 2.75) is 19.3 Å². The summed E-state index contributed by atoms with van der Waals surface area (Å²) in [7, 11) is 1.72. The van der Waals surface area contributed by atoms with Crippen LogP contribution in [0.5, 0.6) is 0 Å². The van der Waals surface area contributed by atoms with E-state index in [1.54, 1.807) is 7.11 Å². The minimum Gasteiger partial charge on any atom is -0.475 e. The number of methoxy groups -OCH3 is 1. The molecule has 1 aromatic heterocycles. The standard InChI is InChI=1S/C26H27N3O.C2HF3O2/c1-30-16-15-27-18-20-4-8-22(9-5-20)23-10-6-21(7-11-23)19-29-25-12-13-26-24(17-25)3-2-14-28-26;3-2(4,5)1(6)7/h2-14,17,27,29H,15-16,18-19H2,1H3;(H,6,7). The van der Waals surface area contributed by atoms with Crippen LogP contribution in [0.3, 0.4) is 0 Å². The zero-order valence-electron chi connectivity index (χ0n) is 20.3. The number of aromatic nitrogens is 1. The van der Waals surface area contributed by atoms with E-state index < -0.39 is 12.1 Å². The number of halogens is 3. The monoisotopic (exact) mass is 511 g/mol. The highest BCUT2D eigenvalue weighted by molar-refractivity contribution is 5.82. The van der Waals surface area contributed by atoms with Crippen molar-refractivity contribution in [1.82, 2.24) is 10.3 Å². The molecular formula is C28H28F3N3O3. The number of aliphatic carboxylic acids is 1. The molecule has 6 nitrogen and oxygen atoms in total. The van der Waals surface area contributed by atoms with Crippen molar-refractivity contribution in [3.8, 4) is 11.1 Å². The zero-order valence-corrected chi connectivity index (χ0v) is 20.3. The first-order chi connectivity index (χ1) is 17.8. The van der Waals surface area contributed by atoms with Gasteiger partial charge in [-0.2, -0.15) is 13.2 Å². The lowest BCUT2D eigenvalue weighted by molar-refractivity contribution is -0.192. The average molecular weight is 512 g/mol. The Morgan fingerprint density at radius 3 is 2.08 bits per heavy atom. The van der Waals surface area contributed by atoms with Gasteiger partial charge in [0.1, 0.15) is 0 Å². The smallest absolute Gasteiger partial charge is 0.475 e. The van der Waals surface area contributed by atoms with E-state index in [0.717, 1.165) is 42.8 Å². The Morgan fingerprint density at radius 2 is 1.51 bits per heavy atom. The molecule has 0 aliphatic rings. The van der Waals surface area contributed by atoms with Crippen molar-refractivity contribution in [2.24, 2.45) is 0 Å². The number of rotatable bonds is 9. The van der Waals surface area contributed by atoms with Crippen LogP contribution in [0.25, 0.3) is 22.0 Å². The Kier molecular flexibility index (Phi) is 10.00. The van der Waals surface area contributed by atoms with Crippen LogP contribution in [-0.4, -0.2) is 42.5 Å². The summed E-state index contributed by atoms with van der Waals surface area (Å²) in [6.07, 6.45) is -3.26. The molecule has 4 aromatic rings. The third-order valence-corrected chi connectivity index (χ3v) is 5.40. The first-order valence-electron chi connectivity index (χ1n) is 11.5. The Morgan fingerprint density at radius 1 is 0.919 bits per heavy atom. The first kappa shape index (κ1) is 27.6. The van der Waals surface area contributed by atoms with Gasteiger partial charge in [0.25, 0.3) is 0 Å². The van der Waals surface area contributed by atoms with Crippen molar-refractivity contribution in [3.63, 3.8) is 0 Å². The van der Waals surface area contributed by atoms with Crippen LogP contribution in [0, 0.1) is 0 Å². The molecule has 0 bridgehead atoms. The SMILES string of the molecule is COCCNCc1ccc(-c2ccc(CNc3ccc4ncccc4c3)cc2)cc1.O=C(O)C(F)(F)F. The fourth-order valence-electron chi connectivity index (χ4n) is 3.43. The summed E-state index contributed by atoms with van der Waals surface area (Å²) < 4.78 is 36.8. The largest absolute Gasteiger partial charge is 0.490 e. The lowest BCUT2D eigenvalue weighted by Gasteiger charge is -2.09. The van der Waals surface area contributed by atoms with Crippen LogP contribution in [0.1, 0.15) is 11.1 Å². The summed E-state index contributed by atoms with van der Waals surface area (Å²) in [5.41, 5.74) is 7.12. The fourth-order valence-corrected chi connectivity index (χ4v) is 3.43. The van der Waals surface area contributed by atoms with Gasteiger partial charge in [-0.1, -0.05) is 54.6 Å². The van der Waals surface area contributed by atoms with Crippen LogP contribution in [0.15, 0.2) is 85.1 Å². The van der Waals surface area contributed by atoms with Gasteiger partial charge in [-0.15, -0.1) is 0 Å². The lowest BCUT2D eigenvalue weighted by atomic mass is 10.0. The van der Waals surface area contributed by atoms with Crippen molar-refractivity contribution >= 4 is 22.6 Å². The predicted octanol–water partition coefficient (Wildman–Crippen LogP) is 5.88. The number of fused-ring (bicyclic) bond motifs is 1. The molecular weight excluding hydrogens is 483 g/mol. The maximum absolute atomic E-state index is 10.6. The Labute approximate surface area is 213 Å². The molecule has 37 heavy (non-hydrogen) atoms. The lowest BCUT2D eigenvalue weighted by Crippen LogP contribution is -2.21. The second kappa shape index (κ2) is 13.4. The van der Waals surface area contributed by atoms with Gasteiger partial charge < -0.3 is 20.5 Å². The molecule has 194 valence electrons. The van der Waals surface area contributed by atoms with Gasteiger partial charge in [-0.05, 0) is 46.5 Å². The number of anilines is 1. The number of hydrogen-bond donors (Lipinski definition) is 3. The normalized spacial score (nSPS) is 11.0. The van der Waals surface area contributed by atoms with Gasteiger partial charge in [-0.3, -0.25) is 4.98 Å². The van der Waals surface area contributed by atoms with Crippen LogP contribution < -0.4 is 10.6 Å². The molecule has 0 saturated heterocycles. The minimum absolute atomic E-state index is 0.733. The van der Waals surface area contributed by atoms with E-state index in [1.807, 2.05) is 12.3 Å². The molecule has 0 aliphatic carbocycles. The van der Waals surface area contributed by atoms with Crippen molar-refractivity contribution < 1.29 is 27.8 Å². The zero-order chi connectivity index (χ0) is 26.7. The number of carboxylic acids is 1. The van der Waals surface area contributed by atoms with Gasteiger partial charge in [0.15, 0.2) is 0 Å². The van der Waals surface area contributed by atoms with E-state index in [1.165, 1.54) is 22.3 Å². The van der Waals surface area contributed by atoms with E-state index in [0.29, 0.717) is 0 Å². The summed E-state index contributed by atoms with van der Waals surface area (Å²) in [5.74, 6) is -2.76. The van der Waals surface area contributed by atoms with Gasteiger partial charge >= 0.3 is 12.1 Å². The molecule has 0 aliphatic heterocycles. The molecule has 0 unspecified atom stereocenters. The number of pyridine rings is 1. The quantitative estimate of drug-likeness (QED) is 0.243. The molecule has 0 saturated carbocycles. The van der Waals surface area contributed by atoms with Crippen molar-refractivity contribution in [1.29, 1.82) is 0 Å². The van der Waals surface area contributed by atoms with E-state index in [9.17, 15) is 13.2 Å². The Balaban J connectivity index is 0.000000479. The molecule has 0 atom stereocenters. The fraction of sp³-hybridized carbons (Fsp3) is 0.214. The number of hydrogen-bond acceptors (Lipinski definition) is 5. The summed E-state index contributed by atoms with van der Waals surface area (Å²) in [6, 6.07) is 27.8. The van der Waals surface area contributed by atoms with E-state index in [2.05, 4.69) is 88.4 Å². The number of ether oxygens (including phenoxy) is 1. The highest BCUT2D eigenvalue weighted by Crippen LogP contribution is 2.22. The highest BCUT2D eigenvalue weighted by Gasteiger charge is 2.38. The number of benzene rings is 3. The predicted molar refractivity (Wildman–Crippen MR) is 138 cm³/mol. The molecule has 0 spiro atoms. The van der Waals surface area contributed by atoms with E-state index in [-0.39, 0.29) is 0 Å². The van der Waals surface area contributed by atoms with Gasteiger partial charge in [0.2, 0.25) is 0 Å². The number of carbonyl (C=O) groups is 1. The topological polar surface area (TPSA) is 83.5 Å². The number of nitrogens with zero attached hydrogens (tertiary/aromatic N) is 1. The third kappa shape index (κ3) is 8.89. The first-order valence-corrected chi connectivity index (χ1v) is 11.5. The van der Waals surface area contributed by atoms with Crippen LogP contribution in [-0.2, 0) is 22.6 Å². The second-order valence-corrected chi connectivity index (χ2v) is 8.13. The van der Waals surface area contributed by atoms with Gasteiger partial charge in [-0.25, -0.2) is 4.79 Å². The molecule has 0 fully saturated rings. The molecule has 0 amide bonds. The average Bonchev–Trinajstić information content (AvgIpc) is 2.90. The number of carboxylic acid groups (broad SMARTS) is 1. The Bertz CT molecular complexity index is 1280. The van der Waals surface area contributed by atoms with Gasteiger partial charge in [0.05, 0.1) is 12.1 Å². The summed E-state index contributed by atoms with van der Waals surface area (Å²) in [5, 5.41) is 15.1. The molecule has 9 heteroatoms.